The Morgan fingerprint density at radius 3 is 2.48 bits per heavy atom. The van der Waals surface area contributed by atoms with Crippen LogP contribution in [0.1, 0.15) is 71.6 Å². The second kappa shape index (κ2) is 5.31. The van der Waals surface area contributed by atoms with Crippen molar-refractivity contribution >= 4 is 11.7 Å². The van der Waals surface area contributed by atoms with Gasteiger partial charge in [0.1, 0.15) is 5.78 Å². The van der Waals surface area contributed by atoms with E-state index in [1.165, 1.54) is 32.1 Å². The fourth-order valence-electron chi connectivity index (χ4n) is 7.19. The van der Waals surface area contributed by atoms with Crippen LogP contribution in [0.15, 0.2) is 0 Å². The van der Waals surface area contributed by atoms with Crippen molar-refractivity contribution in [2.75, 3.05) is 0 Å². The smallest absolute Gasteiger partial charge is 0.220 e. The lowest BCUT2D eigenvalue weighted by Crippen LogP contribution is -2.64. The highest BCUT2D eigenvalue weighted by atomic mass is 16.2. The van der Waals surface area contributed by atoms with Gasteiger partial charge in [0.15, 0.2) is 0 Å². The Bertz CT molecular complexity index is 615. The molecule has 0 aromatic carbocycles. The first-order chi connectivity index (χ1) is 11.9. The van der Waals surface area contributed by atoms with E-state index in [-0.39, 0.29) is 23.3 Å². The number of hydrogen-bond donors (Lipinski definition) is 2. The normalized spacial score (nSPS) is 52.2. The fraction of sp³-hybridized carbons (Fsp3) is 0.905. The van der Waals surface area contributed by atoms with Crippen LogP contribution in [-0.4, -0.2) is 29.8 Å². The van der Waals surface area contributed by atoms with Gasteiger partial charge in [-0.2, -0.15) is 0 Å². The van der Waals surface area contributed by atoms with Crippen molar-refractivity contribution < 1.29 is 9.59 Å². The van der Waals surface area contributed by atoms with Gasteiger partial charge in [0.05, 0.1) is 0 Å². The highest BCUT2D eigenvalue weighted by Crippen LogP contribution is 2.63. The number of amides is 1. The fourth-order valence-corrected chi connectivity index (χ4v) is 7.19. The molecule has 1 aliphatic heterocycles. The van der Waals surface area contributed by atoms with Gasteiger partial charge in [0.25, 0.3) is 0 Å². The highest BCUT2D eigenvalue weighted by Gasteiger charge is 2.63. The van der Waals surface area contributed by atoms with Gasteiger partial charge in [-0.3, -0.25) is 9.59 Å². The first-order valence-electron chi connectivity index (χ1n) is 10.5. The highest BCUT2D eigenvalue weighted by molar-refractivity contribution is 5.86. The minimum absolute atomic E-state index is 0.0774. The number of rotatable bonds is 2. The van der Waals surface area contributed by atoms with Crippen LogP contribution in [0.4, 0.5) is 0 Å². The molecule has 4 aliphatic carbocycles. The van der Waals surface area contributed by atoms with Gasteiger partial charge < -0.3 is 10.6 Å². The molecular formula is C21H32N2O2. The summed E-state index contributed by atoms with van der Waals surface area (Å²) in [4.78, 5) is 25.1. The lowest BCUT2D eigenvalue weighted by molar-refractivity contribution is -0.153. The number of piperidine rings is 1. The number of ketones is 1. The van der Waals surface area contributed by atoms with Gasteiger partial charge in [-0.15, -0.1) is 0 Å². The van der Waals surface area contributed by atoms with Crippen LogP contribution in [0.3, 0.4) is 0 Å². The van der Waals surface area contributed by atoms with Crippen LogP contribution in [0.5, 0.6) is 0 Å². The van der Waals surface area contributed by atoms with Crippen LogP contribution in [0.2, 0.25) is 0 Å². The van der Waals surface area contributed by atoms with E-state index >= 15 is 0 Å². The number of nitrogens with one attached hydrogen (secondary N) is 2. The third-order valence-electron chi connectivity index (χ3n) is 8.93. The molecule has 138 valence electrons. The molecule has 4 nitrogen and oxygen atoms in total. The van der Waals surface area contributed by atoms with Crippen LogP contribution in [0.25, 0.3) is 0 Å². The molecule has 0 unspecified atom stereocenters. The van der Waals surface area contributed by atoms with E-state index in [2.05, 4.69) is 24.5 Å². The van der Waals surface area contributed by atoms with Crippen molar-refractivity contribution in [1.82, 2.24) is 10.6 Å². The summed E-state index contributed by atoms with van der Waals surface area (Å²) in [6.45, 7) is 4.82. The van der Waals surface area contributed by atoms with Gasteiger partial charge in [0, 0.05) is 36.9 Å². The van der Waals surface area contributed by atoms with E-state index in [1.807, 2.05) is 0 Å². The quantitative estimate of drug-likeness (QED) is 0.810. The summed E-state index contributed by atoms with van der Waals surface area (Å²) in [5.41, 5.74) is 0.413. The summed E-state index contributed by atoms with van der Waals surface area (Å²) in [5, 5.41) is 7.07. The Kier molecular flexibility index (Phi) is 3.46. The predicted octanol–water partition coefficient (Wildman–Crippen LogP) is 2.81. The second-order valence-corrected chi connectivity index (χ2v) is 10.2. The molecule has 5 fully saturated rings. The molecule has 2 N–H and O–H groups in total. The van der Waals surface area contributed by atoms with Gasteiger partial charge in [-0.1, -0.05) is 13.8 Å². The maximum Gasteiger partial charge on any atom is 0.220 e. The maximum absolute atomic E-state index is 13.2. The minimum Gasteiger partial charge on any atom is -0.352 e. The number of carbonyl (C=O) groups excluding carboxylic acids is 2. The molecule has 5 aliphatic rings. The Labute approximate surface area is 150 Å². The zero-order chi connectivity index (χ0) is 17.4. The summed E-state index contributed by atoms with van der Waals surface area (Å²) in [6, 6.07) is 1.43. The van der Waals surface area contributed by atoms with E-state index < -0.39 is 0 Å². The van der Waals surface area contributed by atoms with Crippen LogP contribution in [-0.2, 0) is 9.59 Å². The lowest BCUT2D eigenvalue weighted by Gasteiger charge is -2.59. The molecule has 4 saturated carbocycles. The summed E-state index contributed by atoms with van der Waals surface area (Å²) >= 11 is 0. The number of Topliss-reactive ketones (excluding diaryl/α,β-unsaturated/α-hetero) is 1. The molecule has 0 bridgehead atoms. The van der Waals surface area contributed by atoms with Crippen LogP contribution >= 0.6 is 0 Å². The molecule has 25 heavy (non-hydrogen) atoms. The molecule has 0 spiro atoms. The Morgan fingerprint density at radius 2 is 1.72 bits per heavy atom. The second-order valence-electron chi connectivity index (χ2n) is 10.2. The van der Waals surface area contributed by atoms with E-state index in [1.54, 1.807) is 0 Å². The summed E-state index contributed by atoms with van der Waals surface area (Å²) in [5.74, 6) is 1.84. The van der Waals surface area contributed by atoms with Gasteiger partial charge >= 0.3 is 0 Å². The molecule has 0 aromatic heterocycles. The van der Waals surface area contributed by atoms with Crippen molar-refractivity contribution in [2.24, 2.45) is 28.6 Å². The molecule has 5 rings (SSSR count). The molecule has 1 saturated heterocycles. The van der Waals surface area contributed by atoms with Crippen molar-refractivity contribution in [2.45, 2.75) is 89.8 Å². The van der Waals surface area contributed by atoms with Crippen LogP contribution < -0.4 is 10.6 Å². The van der Waals surface area contributed by atoms with Gasteiger partial charge in [-0.25, -0.2) is 0 Å². The van der Waals surface area contributed by atoms with Crippen molar-refractivity contribution in [3.63, 3.8) is 0 Å². The summed E-state index contributed by atoms with van der Waals surface area (Å²) in [6.07, 6.45) is 9.69. The molecular weight excluding hydrogens is 312 g/mol. The largest absolute Gasteiger partial charge is 0.352 e. The average Bonchev–Trinajstić information content (AvgIpc) is 3.32. The van der Waals surface area contributed by atoms with E-state index in [9.17, 15) is 9.59 Å². The molecule has 4 heteroatoms. The van der Waals surface area contributed by atoms with E-state index in [0.717, 1.165) is 18.9 Å². The third kappa shape index (κ3) is 2.28. The van der Waals surface area contributed by atoms with E-state index in [4.69, 9.17) is 0 Å². The Balaban J connectivity index is 1.44. The first kappa shape index (κ1) is 16.3. The molecule has 7 atom stereocenters. The molecule has 1 heterocycles. The summed E-state index contributed by atoms with van der Waals surface area (Å²) in [7, 11) is 0. The molecule has 0 aromatic rings. The molecule has 1 amide bonds. The van der Waals surface area contributed by atoms with Crippen molar-refractivity contribution in [3.05, 3.63) is 0 Å². The predicted molar refractivity (Wildman–Crippen MR) is 95.9 cm³/mol. The number of hydrogen-bond acceptors (Lipinski definition) is 3. The van der Waals surface area contributed by atoms with Gasteiger partial charge in [0.2, 0.25) is 5.91 Å². The average molecular weight is 344 g/mol. The lowest BCUT2D eigenvalue weighted by atomic mass is 9.47. The third-order valence-corrected chi connectivity index (χ3v) is 8.93. The standard InChI is InChI=1S/C21H32N2O2/c1-20-9-7-14-19(13(20)5-6-16(20)22-12-3-4-12)15(24)11-17-21(14,2)10-8-18(25)23-17/h12-14,16-17,19,22H,3-11H2,1-2H3,(H,23,25)/t13-,14-,16-,17+,19-,20-,21+/m0/s1. The summed E-state index contributed by atoms with van der Waals surface area (Å²) < 4.78 is 0. The minimum atomic E-state index is 0.0774. The topological polar surface area (TPSA) is 58.2 Å². The molecule has 0 radical (unpaired) electrons. The number of carbonyl (C=O) groups is 2. The maximum atomic E-state index is 13.2. The monoisotopic (exact) mass is 344 g/mol. The Hall–Kier alpha value is -0.900. The number of fused-ring (bicyclic) bond motifs is 5. The Morgan fingerprint density at radius 1 is 0.960 bits per heavy atom. The zero-order valence-corrected chi connectivity index (χ0v) is 15.6. The van der Waals surface area contributed by atoms with Crippen LogP contribution in [0, 0.1) is 28.6 Å². The van der Waals surface area contributed by atoms with E-state index in [0.29, 0.717) is 41.9 Å². The van der Waals surface area contributed by atoms with Gasteiger partial charge in [-0.05, 0) is 67.6 Å². The first-order valence-corrected chi connectivity index (χ1v) is 10.5. The van der Waals surface area contributed by atoms with Crippen molar-refractivity contribution in [1.29, 1.82) is 0 Å². The zero-order valence-electron chi connectivity index (χ0n) is 15.6. The SMILES string of the molecule is C[C@]12CCC(=O)N[C@@H]1CC(=O)[C@@H]1[C@@H]2CC[C@]2(C)[C@@H](NC3CC3)CC[C@@H]12. The van der Waals surface area contributed by atoms with Crippen molar-refractivity contribution in [3.8, 4) is 0 Å².